The minimum absolute atomic E-state index is 0.138. The standard InChI is InChI=1S/C15H21N5O3/c1-10-16-11(5-15(23)17-10)7-19-3-2-4-20-12(8-19)6-13(18-20)14(22)9-21/h5-6,14,21-22H,2-4,7-9H2,1H3,(H,16,17,23)/t14-/m1/s1. The molecular formula is C15H21N5O3. The highest BCUT2D eigenvalue weighted by Gasteiger charge is 2.20. The van der Waals surface area contributed by atoms with Crippen LogP contribution in [0.3, 0.4) is 0 Å². The van der Waals surface area contributed by atoms with Gasteiger partial charge < -0.3 is 15.2 Å². The van der Waals surface area contributed by atoms with Crippen molar-refractivity contribution in [2.24, 2.45) is 0 Å². The molecule has 124 valence electrons. The van der Waals surface area contributed by atoms with Crippen molar-refractivity contribution in [3.63, 3.8) is 0 Å². The molecule has 0 fully saturated rings. The summed E-state index contributed by atoms with van der Waals surface area (Å²) in [6.45, 7) is 4.34. The number of H-pyrrole nitrogens is 1. The summed E-state index contributed by atoms with van der Waals surface area (Å²) in [6.07, 6.45) is -0.0224. The van der Waals surface area contributed by atoms with E-state index < -0.39 is 6.10 Å². The fraction of sp³-hybridized carbons (Fsp3) is 0.533. The molecule has 0 unspecified atom stereocenters. The number of nitrogens with one attached hydrogen (secondary N) is 1. The van der Waals surface area contributed by atoms with E-state index in [9.17, 15) is 9.90 Å². The Hall–Kier alpha value is -2.03. The average molecular weight is 319 g/mol. The molecular weight excluding hydrogens is 298 g/mol. The first-order chi connectivity index (χ1) is 11.0. The second-order valence-electron chi connectivity index (χ2n) is 5.87. The van der Waals surface area contributed by atoms with E-state index in [2.05, 4.69) is 20.0 Å². The third-order valence-electron chi connectivity index (χ3n) is 3.93. The van der Waals surface area contributed by atoms with Crippen LogP contribution < -0.4 is 5.56 Å². The van der Waals surface area contributed by atoms with Crippen molar-refractivity contribution in [2.45, 2.75) is 39.1 Å². The maximum absolute atomic E-state index is 11.6. The van der Waals surface area contributed by atoms with Crippen LogP contribution in [0.2, 0.25) is 0 Å². The van der Waals surface area contributed by atoms with Crippen molar-refractivity contribution in [3.05, 3.63) is 45.4 Å². The van der Waals surface area contributed by atoms with Gasteiger partial charge in [-0.25, -0.2) is 4.98 Å². The van der Waals surface area contributed by atoms with Gasteiger partial charge in [-0.15, -0.1) is 0 Å². The molecule has 3 N–H and O–H groups in total. The molecule has 0 radical (unpaired) electrons. The maximum Gasteiger partial charge on any atom is 0.251 e. The molecule has 1 atom stereocenters. The number of fused-ring (bicyclic) bond motifs is 1. The number of aryl methyl sites for hydroxylation is 2. The molecule has 2 aromatic rings. The molecule has 3 rings (SSSR count). The molecule has 1 aliphatic heterocycles. The quantitative estimate of drug-likeness (QED) is 0.715. The zero-order chi connectivity index (χ0) is 16.4. The van der Waals surface area contributed by atoms with Gasteiger partial charge in [0.15, 0.2) is 0 Å². The topological polar surface area (TPSA) is 107 Å². The first-order valence-electron chi connectivity index (χ1n) is 7.70. The van der Waals surface area contributed by atoms with E-state index in [1.807, 2.05) is 10.7 Å². The Morgan fingerprint density at radius 3 is 2.96 bits per heavy atom. The SMILES string of the molecule is Cc1nc(CN2CCCn3nc([C@H](O)CO)cc3C2)cc(=O)[nH]1. The normalized spacial score (nSPS) is 16.8. The number of hydrogen-bond donors (Lipinski definition) is 3. The first-order valence-corrected chi connectivity index (χ1v) is 7.70. The number of aliphatic hydroxyl groups is 2. The summed E-state index contributed by atoms with van der Waals surface area (Å²) in [7, 11) is 0. The first kappa shape index (κ1) is 15.9. The van der Waals surface area contributed by atoms with Crippen LogP contribution in [0.5, 0.6) is 0 Å². The van der Waals surface area contributed by atoms with Crippen LogP contribution in [0.1, 0.15) is 35.4 Å². The zero-order valence-electron chi connectivity index (χ0n) is 13.1. The summed E-state index contributed by atoms with van der Waals surface area (Å²) >= 11 is 0. The molecule has 23 heavy (non-hydrogen) atoms. The fourth-order valence-electron chi connectivity index (χ4n) is 2.89. The molecule has 0 bridgehead atoms. The molecule has 0 saturated heterocycles. The number of aliphatic hydroxyl groups excluding tert-OH is 2. The lowest BCUT2D eigenvalue weighted by atomic mass is 10.2. The Kier molecular flexibility index (Phi) is 4.56. The third kappa shape index (κ3) is 3.66. The Bertz CT molecular complexity index is 739. The van der Waals surface area contributed by atoms with Gasteiger partial charge in [-0.3, -0.25) is 14.4 Å². The Morgan fingerprint density at radius 2 is 2.22 bits per heavy atom. The lowest BCUT2D eigenvalue weighted by molar-refractivity contribution is 0.0916. The molecule has 8 nitrogen and oxygen atoms in total. The van der Waals surface area contributed by atoms with E-state index in [0.29, 0.717) is 24.6 Å². The largest absolute Gasteiger partial charge is 0.393 e. The second kappa shape index (κ2) is 6.61. The van der Waals surface area contributed by atoms with Crippen molar-refractivity contribution in [3.8, 4) is 0 Å². The summed E-state index contributed by atoms with van der Waals surface area (Å²) in [5.74, 6) is 0.612. The summed E-state index contributed by atoms with van der Waals surface area (Å²) < 4.78 is 1.88. The molecule has 3 heterocycles. The monoisotopic (exact) mass is 319 g/mol. The highest BCUT2D eigenvalue weighted by atomic mass is 16.3. The molecule has 0 spiro atoms. The Labute approximate surface area is 133 Å². The van der Waals surface area contributed by atoms with Crippen molar-refractivity contribution in [1.82, 2.24) is 24.6 Å². The smallest absolute Gasteiger partial charge is 0.251 e. The van der Waals surface area contributed by atoms with Crippen molar-refractivity contribution in [2.75, 3.05) is 13.2 Å². The van der Waals surface area contributed by atoms with Crippen LogP contribution in [-0.2, 0) is 19.6 Å². The molecule has 1 aliphatic rings. The molecule has 0 aliphatic carbocycles. The van der Waals surface area contributed by atoms with Gasteiger partial charge in [0.25, 0.3) is 5.56 Å². The molecule has 8 heteroatoms. The Morgan fingerprint density at radius 1 is 1.39 bits per heavy atom. The van der Waals surface area contributed by atoms with Gasteiger partial charge in [-0.1, -0.05) is 0 Å². The minimum atomic E-state index is -0.945. The van der Waals surface area contributed by atoms with Gasteiger partial charge in [-0.05, 0) is 19.4 Å². The second-order valence-corrected chi connectivity index (χ2v) is 5.87. The van der Waals surface area contributed by atoms with Crippen molar-refractivity contribution in [1.29, 1.82) is 0 Å². The molecule has 2 aromatic heterocycles. The van der Waals surface area contributed by atoms with Gasteiger partial charge in [0.05, 0.1) is 23.7 Å². The maximum atomic E-state index is 11.6. The van der Waals surface area contributed by atoms with Crippen LogP contribution in [0.15, 0.2) is 16.9 Å². The van der Waals surface area contributed by atoms with Gasteiger partial charge >= 0.3 is 0 Å². The third-order valence-corrected chi connectivity index (χ3v) is 3.93. The zero-order valence-corrected chi connectivity index (χ0v) is 13.1. The molecule has 0 aromatic carbocycles. The number of aromatic nitrogens is 4. The van der Waals surface area contributed by atoms with Crippen LogP contribution >= 0.6 is 0 Å². The van der Waals surface area contributed by atoms with E-state index in [-0.39, 0.29) is 12.2 Å². The van der Waals surface area contributed by atoms with Crippen LogP contribution in [-0.4, -0.2) is 48.0 Å². The minimum Gasteiger partial charge on any atom is -0.393 e. The molecule has 0 saturated carbocycles. The van der Waals surface area contributed by atoms with Crippen LogP contribution in [0.4, 0.5) is 0 Å². The van der Waals surface area contributed by atoms with Gasteiger partial charge in [-0.2, -0.15) is 5.10 Å². The number of hydrogen-bond acceptors (Lipinski definition) is 6. The van der Waals surface area contributed by atoms with Crippen molar-refractivity contribution < 1.29 is 10.2 Å². The van der Waals surface area contributed by atoms with Crippen LogP contribution in [0.25, 0.3) is 0 Å². The highest BCUT2D eigenvalue weighted by molar-refractivity contribution is 5.14. The fourth-order valence-corrected chi connectivity index (χ4v) is 2.89. The number of rotatable bonds is 4. The van der Waals surface area contributed by atoms with Crippen LogP contribution in [0, 0.1) is 6.92 Å². The van der Waals surface area contributed by atoms with E-state index in [1.54, 1.807) is 6.92 Å². The molecule has 0 amide bonds. The van der Waals surface area contributed by atoms with Gasteiger partial charge in [0.1, 0.15) is 11.9 Å². The van der Waals surface area contributed by atoms with Crippen molar-refractivity contribution >= 4 is 0 Å². The van der Waals surface area contributed by atoms with E-state index in [1.165, 1.54) is 6.07 Å². The number of aromatic amines is 1. The van der Waals surface area contributed by atoms with E-state index >= 15 is 0 Å². The average Bonchev–Trinajstić information content (AvgIpc) is 2.79. The lowest BCUT2D eigenvalue weighted by Gasteiger charge is -2.18. The number of nitrogens with zero attached hydrogens (tertiary/aromatic N) is 4. The van der Waals surface area contributed by atoms with Gasteiger partial charge in [0, 0.05) is 32.2 Å². The van der Waals surface area contributed by atoms with E-state index in [4.69, 9.17) is 5.11 Å². The summed E-state index contributed by atoms with van der Waals surface area (Å²) in [4.78, 5) is 20.8. The summed E-state index contributed by atoms with van der Waals surface area (Å²) in [6, 6.07) is 3.35. The predicted octanol–water partition coefficient (Wildman–Crippen LogP) is -0.294. The predicted molar refractivity (Wildman–Crippen MR) is 82.6 cm³/mol. The Balaban J connectivity index is 1.77. The summed E-state index contributed by atoms with van der Waals surface area (Å²) in [5.41, 5.74) is 2.09. The lowest BCUT2D eigenvalue weighted by Crippen LogP contribution is -2.25. The highest BCUT2D eigenvalue weighted by Crippen LogP contribution is 2.18. The van der Waals surface area contributed by atoms with E-state index in [0.717, 1.165) is 30.9 Å². The van der Waals surface area contributed by atoms with Gasteiger partial charge in [0.2, 0.25) is 0 Å². The summed E-state index contributed by atoms with van der Waals surface area (Å²) in [5, 5.41) is 23.1.